The summed E-state index contributed by atoms with van der Waals surface area (Å²) in [4.78, 5) is 20.0. The van der Waals surface area contributed by atoms with Crippen LogP contribution >= 0.6 is 11.3 Å². The van der Waals surface area contributed by atoms with Gasteiger partial charge in [0.15, 0.2) is 4.96 Å². The fraction of sp³-hybridized carbons (Fsp3) is 0.294. The first-order valence-electron chi connectivity index (χ1n) is 7.70. The molecular weight excluding hydrogens is 326 g/mol. The second kappa shape index (κ2) is 7.12. The Morgan fingerprint density at radius 2 is 1.88 bits per heavy atom. The minimum Gasteiger partial charge on any atom is -0.395 e. The van der Waals surface area contributed by atoms with Gasteiger partial charge in [-0.3, -0.25) is 9.20 Å². The number of aliphatic hydroxyl groups excluding tert-OH is 2. The Bertz CT molecular complexity index is 836. The van der Waals surface area contributed by atoms with Crippen molar-refractivity contribution >= 4 is 22.2 Å². The topological polar surface area (TPSA) is 78.1 Å². The number of imidazole rings is 1. The number of hydrogen-bond acceptors (Lipinski definition) is 5. The van der Waals surface area contributed by atoms with Crippen molar-refractivity contribution in [1.29, 1.82) is 0 Å². The number of aryl methyl sites for hydroxylation is 1. The lowest BCUT2D eigenvalue weighted by Gasteiger charge is -2.20. The normalized spacial score (nSPS) is 11.1. The Morgan fingerprint density at radius 1 is 1.21 bits per heavy atom. The molecule has 0 aliphatic carbocycles. The summed E-state index contributed by atoms with van der Waals surface area (Å²) < 4.78 is 1.91. The first-order chi connectivity index (χ1) is 11.7. The molecular formula is C17H19N3O3S. The number of carbonyl (C=O) groups is 1. The smallest absolute Gasteiger partial charge is 0.266 e. The number of fused-ring (bicyclic) bond motifs is 1. The zero-order valence-corrected chi connectivity index (χ0v) is 14.2. The van der Waals surface area contributed by atoms with Gasteiger partial charge in [0.25, 0.3) is 5.91 Å². The van der Waals surface area contributed by atoms with E-state index < -0.39 is 0 Å². The third-order valence-corrected chi connectivity index (χ3v) is 4.99. The number of amides is 1. The van der Waals surface area contributed by atoms with Crippen LogP contribution in [0.3, 0.4) is 0 Å². The molecule has 1 amide bonds. The van der Waals surface area contributed by atoms with E-state index in [1.807, 2.05) is 47.9 Å². The monoisotopic (exact) mass is 345 g/mol. The van der Waals surface area contributed by atoms with E-state index in [9.17, 15) is 4.79 Å². The van der Waals surface area contributed by atoms with Crippen LogP contribution in [0.1, 0.15) is 15.4 Å². The Labute approximate surface area is 143 Å². The van der Waals surface area contributed by atoms with Crippen LogP contribution in [0.4, 0.5) is 0 Å². The van der Waals surface area contributed by atoms with Crippen LogP contribution in [0.5, 0.6) is 0 Å². The van der Waals surface area contributed by atoms with Gasteiger partial charge < -0.3 is 15.1 Å². The number of aliphatic hydroxyl groups is 2. The lowest BCUT2D eigenvalue weighted by Crippen LogP contribution is -2.35. The summed E-state index contributed by atoms with van der Waals surface area (Å²) in [6, 6.07) is 9.88. The minimum absolute atomic E-state index is 0.133. The summed E-state index contributed by atoms with van der Waals surface area (Å²) in [6.07, 6.45) is 1.93. The van der Waals surface area contributed by atoms with Gasteiger partial charge in [-0.15, -0.1) is 0 Å². The highest BCUT2D eigenvalue weighted by molar-refractivity contribution is 7.19. The number of hydrogen-bond donors (Lipinski definition) is 2. The van der Waals surface area contributed by atoms with Crippen LogP contribution in [0.25, 0.3) is 16.2 Å². The van der Waals surface area contributed by atoms with Crippen molar-refractivity contribution in [1.82, 2.24) is 14.3 Å². The summed E-state index contributed by atoms with van der Waals surface area (Å²) in [5.74, 6) is -0.188. The van der Waals surface area contributed by atoms with Crippen LogP contribution in [0.15, 0.2) is 36.5 Å². The quantitative estimate of drug-likeness (QED) is 0.714. The Hall–Kier alpha value is -2.22. The highest BCUT2D eigenvalue weighted by Crippen LogP contribution is 2.27. The fourth-order valence-corrected chi connectivity index (χ4v) is 3.67. The van der Waals surface area contributed by atoms with Crippen LogP contribution in [-0.2, 0) is 0 Å². The van der Waals surface area contributed by atoms with Gasteiger partial charge in [0.1, 0.15) is 4.88 Å². The standard InChI is InChI=1S/C17H19N3O3S/c1-12-15(16(23)19(7-9-21)8-10-22)24-17-18-14(11-20(12)17)13-5-3-2-4-6-13/h2-6,11,21-22H,7-10H2,1H3. The largest absolute Gasteiger partial charge is 0.395 e. The van der Waals surface area contributed by atoms with Crippen molar-refractivity contribution < 1.29 is 15.0 Å². The number of thiazole rings is 1. The molecule has 7 heteroatoms. The predicted octanol–water partition coefficient (Wildman–Crippen LogP) is 1.80. The average Bonchev–Trinajstić information content (AvgIpc) is 3.15. The summed E-state index contributed by atoms with van der Waals surface area (Å²) in [5.41, 5.74) is 2.71. The molecule has 3 rings (SSSR count). The van der Waals surface area contributed by atoms with E-state index in [0.29, 0.717) is 4.88 Å². The number of rotatable bonds is 6. The first-order valence-corrected chi connectivity index (χ1v) is 8.52. The van der Waals surface area contributed by atoms with Crippen LogP contribution in [0, 0.1) is 6.92 Å². The molecule has 0 atom stereocenters. The molecule has 126 valence electrons. The van der Waals surface area contributed by atoms with Gasteiger partial charge in [-0.1, -0.05) is 41.7 Å². The molecule has 0 saturated heterocycles. The summed E-state index contributed by atoms with van der Waals surface area (Å²) in [5, 5.41) is 18.2. The molecule has 0 aliphatic heterocycles. The van der Waals surface area contributed by atoms with E-state index >= 15 is 0 Å². The zero-order chi connectivity index (χ0) is 17.1. The maximum absolute atomic E-state index is 12.6. The van der Waals surface area contributed by atoms with Crippen LogP contribution < -0.4 is 0 Å². The molecule has 24 heavy (non-hydrogen) atoms. The Morgan fingerprint density at radius 3 is 2.46 bits per heavy atom. The molecule has 0 unspecified atom stereocenters. The second-order valence-electron chi connectivity index (χ2n) is 5.40. The van der Waals surface area contributed by atoms with Crippen molar-refractivity contribution in [3.05, 3.63) is 47.1 Å². The highest BCUT2D eigenvalue weighted by atomic mass is 32.1. The van der Waals surface area contributed by atoms with Crippen LogP contribution in [0.2, 0.25) is 0 Å². The van der Waals surface area contributed by atoms with Gasteiger partial charge in [0, 0.05) is 30.5 Å². The number of aromatic nitrogens is 2. The number of benzene rings is 1. The van der Waals surface area contributed by atoms with Crippen molar-refractivity contribution in [3.63, 3.8) is 0 Å². The van der Waals surface area contributed by atoms with E-state index in [1.165, 1.54) is 16.2 Å². The highest BCUT2D eigenvalue weighted by Gasteiger charge is 2.22. The molecule has 0 radical (unpaired) electrons. The van der Waals surface area contributed by atoms with Crippen molar-refractivity contribution in [2.24, 2.45) is 0 Å². The molecule has 3 aromatic rings. The molecule has 1 aromatic carbocycles. The Balaban J connectivity index is 1.95. The van der Waals surface area contributed by atoms with Gasteiger partial charge in [-0.05, 0) is 6.92 Å². The SMILES string of the molecule is Cc1c(C(=O)N(CCO)CCO)sc2nc(-c3ccccc3)cn12. The Kier molecular flexibility index (Phi) is 4.94. The molecule has 0 aliphatic rings. The van der Waals surface area contributed by atoms with Gasteiger partial charge in [0.05, 0.1) is 18.9 Å². The molecule has 2 N–H and O–H groups in total. The summed E-state index contributed by atoms with van der Waals surface area (Å²) >= 11 is 1.32. The first kappa shape index (κ1) is 16.6. The average molecular weight is 345 g/mol. The third kappa shape index (κ3) is 3.06. The van der Waals surface area contributed by atoms with E-state index in [1.54, 1.807) is 0 Å². The zero-order valence-electron chi connectivity index (χ0n) is 13.3. The molecule has 0 saturated carbocycles. The maximum atomic E-state index is 12.6. The third-order valence-electron chi connectivity index (χ3n) is 3.85. The van der Waals surface area contributed by atoms with E-state index in [2.05, 4.69) is 4.98 Å². The lowest BCUT2D eigenvalue weighted by atomic mass is 10.2. The van der Waals surface area contributed by atoms with Gasteiger partial charge in [0.2, 0.25) is 0 Å². The minimum atomic E-state index is -0.188. The van der Waals surface area contributed by atoms with Gasteiger partial charge in [-0.25, -0.2) is 4.98 Å². The van der Waals surface area contributed by atoms with Crippen molar-refractivity contribution in [2.45, 2.75) is 6.92 Å². The molecule has 0 spiro atoms. The molecule has 6 nitrogen and oxygen atoms in total. The predicted molar refractivity (Wildman–Crippen MR) is 93.3 cm³/mol. The molecule has 2 heterocycles. The summed E-state index contributed by atoms with van der Waals surface area (Å²) in [6.45, 7) is 2.02. The number of carbonyl (C=O) groups excluding carboxylic acids is 1. The van der Waals surface area contributed by atoms with E-state index in [-0.39, 0.29) is 32.2 Å². The molecule has 2 aromatic heterocycles. The summed E-state index contributed by atoms with van der Waals surface area (Å²) in [7, 11) is 0. The number of nitrogens with zero attached hydrogens (tertiary/aromatic N) is 3. The lowest BCUT2D eigenvalue weighted by molar-refractivity contribution is 0.0688. The molecule has 0 bridgehead atoms. The maximum Gasteiger partial charge on any atom is 0.266 e. The van der Waals surface area contributed by atoms with Gasteiger partial charge >= 0.3 is 0 Å². The van der Waals surface area contributed by atoms with E-state index in [4.69, 9.17) is 10.2 Å². The van der Waals surface area contributed by atoms with Gasteiger partial charge in [-0.2, -0.15) is 0 Å². The second-order valence-corrected chi connectivity index (χ2v) is 6.38. The molecule has 0 fully saturated rings. The van der Waals surface area contributed by atoms with Crippen LogP contribution in [-0.4, -0.2) is 56.7 Å². The van der Waals surface area contributed by atoms with Crippen molar-refractivity contribution in [3.8, 4) is 11.3 Å². The van der Waals surface area contributed by atoms with E-state index in [0.717, 1.165) is 21.9 Å². The fourth-order valence-electron chi connectivity index (χ4n) is 2.60. The van der Waals surface area contributed by atoms with Crippen molar-refractivity contribution in [2.75, 3.05) is 26.3 Å².